The fraction of sp³-hybridized carbons (Fsp3) is 0.192. The number of anilines is 3. The number of hydrogen-bond acceptors (Lipinski definition) is 5. The molecule has 0 saturated carbocycles. The second-order valence-corrected chi connectivity index (χ2v) is 8.52. The normalized spacial score (nSPS) is 15.1. The molecule has 1 aliphatic heterocycles. The molecule has 0 spiro atoms. The van der Waals surface area contributed by atoms with Crippen molar-refractivity contribution in [3.8, 4) is 0 Å². The molecule has 1 atom stereocenters. The maximum atomic E-state index is 12.8. The molecule has 2 N–H and O–H groups in total. The third-order valence-electron chi connectivity index (χ3n) is 5.89. The van der Waals surface area contributed by atoms with Crippen molar-refractivity contribution in [2.75, 3.05) is 22.1 Å². The second-order valence-electron chi connectivity index (χ2n) is 8.52. The number of nitrogens with zero attached hydrogens (tertiary/aromatic N) is 2. The Labute approximate surface area is 201 Å². The third-order valence-corrected chi connectivity index (χ3v) is 5.89. The summed E-state index contributed by atoms with van der Waals surface area (Å²) in [5.41, 5.74) is 4.03. The average Bonchev–Trinajstić information content (AvgIpc) is 3.23. The highest BCUT2D eigenvalue weighted by molar-refractivity contribution is 6.06. The van der Waals surface area contributed by atoms with Gasteiger partial charge in [-0.3, -0.25) is 24.5 Å². The van der Waals surface area contributed by atoms with E-state index in [0.717, 1.165) is 11.1 Å². The molecule has 4 rings (SSSR count). The van der Waals surface area contributed by atoms with Gasteiger partial charge in [0.05, 0.1) is 10.8 Å². The number of non-ortho nitro benzene ring substituents is 1. The van der Waals surface area contributed by atoms with Gasteiger partial charge in [-0.1, -0.05) is 23.8 Å². The van der Waals surface area contributed by atoms with Gasteiger partial charge in [0.2, 0.25) is 11.8 Å². The fourth-order valence-electron chi connectivity index (χ4n) is 4.02. The Hall–Kier alpha value is -4.53. The number of aryl methyl sites for hydroxylation is 2. The number of benzene rings is 3. The van der Waals surface area contributed by atoms with E-state index in [1.165, 1.54) is 29.2 Å². The molecule has 1 aliphatic rings. The van der Waals surface area contributed by atoms with Gasteiger partial charge in [-0.2, -0.15) is 0 Å². The van der Waals surface area contributed by atoms with E-state index in [9.17, 15) is 24.5 Å². The SMILES string of the molecule is Cc1ccc(NC(=O)c2cccc(NC(=O)[C@H]3CC(=O)N(c4ccc([N+](=O)[O-])cc4)C3)c2)c(C)c1. The predicted molar refractivity (Wildman–Crippen MR) is 132 cm³/mol. The van der Waals surface area contributed by atoms with Gasteiger partial charge in [-0.05, 0) is 55.8 Å². The summed E-state index contributed by atoms with van der Waals surface area (Å²) in [7, 11) is 0. The summed E-state index contributed by atoms with van der Waals surface area (Å²) in [6, 6.07) is 18.0. The van der Waals surface area contributed by atoms with Crippen LogP contribution in [0.15, 0.2) is 66.7 Å². The first-order chi connectivity index (χ1) is 16.7. The largest absolute Gasteiger partial charge is 0.326 e. The summed E-state index contributed by atoms with van der Waals surface area (Å²) in [5.74, 6) is -1.46. The zero-order valence-corrected chi connectivity index (χ0v) is 19.3. The molecular formula is C26H24N4O5. The van der Waals surface area contributed by atoms with E-state index >= 15 is 0 Å². The van der Waals surface area contributed by atoms with Crippen LogP contribution in [0, 0.1) is 29.9 Å². The Balaban J connectivity index is 1.41. The lowest BCUT2D eigenvalue weighted by Crippen LogP contribution is -2.28. The Kier molecular flexibility index (Phi) is 6.59. The van der Waals surface area contributed by atoms with Gasteiger partial charge in [-0.15, -0.1) is 0 Å². The summed E-state index contributed by atoms with van der Waals surface area (Å²) < 4.78 is 0. The van der Waals surface area contributed by atoms with Gasteiger partial charge in [0.1, 0.15) is 0 Å². The number of hydrogen-bond donors (Lipinski definition) is 2. The number of amides is 3. The van der Waals surface area contributed by atoms with E-state index in [-0.39, 0.29) is 36.4 Å². The van der Waals surface area contributed by atoms with Gasteiger partial charge < -0.3 is 15.5 Å². The van der Waals surface area contributed by atoms with E-state index in [0.29, 0.717) is 22.6 Å². The smallest absolute Gasteiger partial charge is 0.269 e. The van der Waals surface area contributed by atoms with Crippen LogP contribution in [0.4, 0.5) is 22.7 Å². The van der Waals surface area contributed by atoms with Gasteiger partial charge in [0, 0.05) is 47.7 Å². The predicted octanol–water partition coefficient (Wildman–Crippen LogP) is 4.46. The molecule has 178 valence electrons. The van der Waals surface area contributed by atoms with Crippen molar-refractivity contribution in [2.24, 2.45) is 5.92 Å². The molecule has 0 radical (unpaired) electrons. The lowest BCUT2D eigenvalue weighted by Gasteiger charge is -2.16. The number of nitrogens with one attached hydrogen (secondary N) is 2. The van der Waals surface area contributed by atoms with E-state index in [1.54, 1.807) is 24.3 Å². The summed E-state index contributed by atoms with van der Waals surface area (Å²) in [6.45, 7) is 4.06. The molecule has 3 aromatic rings. The fourth-order valence-corrected chi connectivity index (χ4v) is 4.02. The van der Waals surface area contributed by atoms with Gasteiger partial charge in [-0.25, -0.2) is 0 Å². The third kappa shape index (κ3) is 5.35. The molecule has 1 heterocycles. The van der Waals surface area contributed by atoms with E-state index in [4.69, 9.17) is 0 Å². The number of nitro benzene ring substituents is 1. The Bertz CT molecular complexity index is 1320. The van der Waals surface area contributed by atoms with E-state index in [2.05, 4.69) is 10.6 Å². The Morgan fingerprint density at radius 2 is 1.74 bits per heavy atom. The molecule has 35 heavy (non-hydrogen) atoms. The lowest BCUT2D eigenvalue weighted by atomic mass is 10.1. The highest BCUT2D eigenvalue weighted by Crippen LogP contribution is 2.28. The van der Waals surface area contributed by atoms with Gasteiger partial charge >= 0.3 is 0 Å². The highest BCUT2D eigenvalue weighted by atomic mass is 16.6. The molecule has 9 heteroatoms. The quantitative estimate of drug-likeness (QED) is 0.405. The van der Waals surface area contributed by atoms with Crippen molar-refractivity contribution in [3.05, 3.63) is 93.5 Å². The Morgan fingerprint density at radius 3 is 2.43 bits per heavy atom. The van der Waals surface area contributed by atoms with Crippen LogP contribution in [-0.4, -0.2) is 29.2 Å². The first kappa shape index (κ1) is 23.6. The highest BCUT2D eigenvalue weighted by Gasteiger charge is 2.35. The number of carbonyl (C=O) groups excluding carboxylic acids is 3. The molecule has 3 amide bonds. The number of rotatable bonds is 6. The topological polar surface area (TPSA) is 122 Å². The minimum Gasteiger partial charge on any atom is -0.326 e. The number of nitro groups is 1. The van der Waals surface area contributed by atoms with Crippen molar-refractivity contribution in [1.29, 1.82) is 0 Å². The van der Waals surface area contributed by atoms with Crippen LogP contribution in [0.1, 0.15) is 27.9 Å². The van der Waals surface area contributed by atoms with Gasteiger partial charge in [0.15, 0.2) is 0 Å². The summed E-state index contributed by atoms with van der Waals surface area (Å²) >= 11 is 0. The van der Waals surface area contributed by atoms with Gasteiger partial charge in [0.25, 0.3) is 11.6 Å². The van der Waals surface area contributed by atoms with Crippen molar-refractivity contribution in [2.45, 2.75) is 20.3 Å². The zero-order chi connectivity index (χ0) is 25.1. The van der Waals surface area contributed by atoms with Crippen LogP contribution in [0.5, 0.6) is 0 Å². The van der Waals surface area contributed by atoms with Crippen molar-refractivity contribution in [3.63, 3.8) is 0 Å². The van der Waals surface area contributed by atoms with Crippen LogP contribution in [0.2, 0.25) is 0 Å². The molecule has 3 aromatic carbocycles. The molecule has 1 saturated heterocycles. The monoisotopic (exact) mass is 472 g/mol. The maximum absolute atomic E-state index is 12.8. The molecule has 0 aliphatic carbocycles. The average molecular weight is 473 g/mol. The van der Waals surface area contributed by atoms with E-state index < -0.39 is 10.8 Å². The summed E-state index contributed by atoms with van der Waals surface area (Å²) in [6.07, 6.45) is 0.0235. The molecular weight excluding hydrogens is 448 g/mol. The molecule has 0 unspecified atom stereocenters. The van der Waals surface area contributed by atoms with Crippen LogP contribution >= 0.6 is 0 Å². The van der Waals surface area contributed by atoms with Crippen molar-refractivity contribution < 1.29 is 19.3 Å². The molecule has 0 bridgehead atoms. The van der Waals surface area contributed by atoms with Crippen LogP contribution in [0.25, 0.3) is 0 Å². The maximum Gasteiger partial charge on any atom is 0.269 e. The standard InChI is InChI=1S/C26H24N4O5/c1-16-6-11-23(17(2)12-16)28-25(32)18-4-3-5-20(13-18)27-26(33)19-14-24(31)29(15-19)21-7-9-22(10-8-21)30(34)35/h3-13,19H,14-15H2,1-2H3,(H,27,33)(H,28,32)/t19-/m0/s1. The zero-order valence-electron chi connectivity index (χ0n) is 19.3. The van der Waals surface area contributed by atoms with Crippen molar-refractivity contribution in [1.82, 2.24) is 0 Å². The van der Waals surface area contributed by atoms with Crippen LogP contribution in [-0.2, 0) is 9.59 Å². The lowest BCUT2D eigenvalue weighted by molar-refractivity contribution is -0.384. The van der Waals surface area contributed by atoms with Crippen molar-refractivity contribution >= 4 is 40.5 Å². The summed E-state index contributed by atoms with van der Waals surface area (Å²) in [5, 5.41) is 16.5. The second kappa shape index (κ2) is 9.76. The molecule has 1 fully saturated rings. The molecule has 0 aromatic heterocycles. The van der Waals surface area contributed by atoms with Crippen LogP contribution in [0.3, 0.4) is 0 Å². The minimum absolute atomic E-state index is 0.0235. The van der Waals surface area contributed by atoms with Crippen LogP contribution < -0.4 is 15.5 Å². The minimum atomic E-state index is -0.592. The first-order valence-electron chi connectivity index (χ1n) is 11.1. The number of carbonyl (C=O) groups is 3. The van der Waals surface area contributed by atoms with E-state index in [1.807, 2.05) is 32.0 Å². The molecule has 9 nitrogen and oxygen atoms in total. The summed E-state index contributed by atoms with van der Waals surface area (Å²) in [4.78, 5) is 49.9. The Morgan fingerprint density at radius 1 is 1.00 bits per heavy atom. The first-order valence-corrected chi connectivity index (χ1v) is 11.1.